The first-order chi connectivity index (χ1) is 14.9. The molecule has 1 aromatic heterocycles. The van der Waals surface area contributed by atoms with Crippen LogP contribution in [0, 0.1) is 6.92 Å². The largest absolute Gasteiger partial charge is 0.272 e. The van der Waals surface area contributed by atoms with Crippen molar-refractivity contribution >= 4 is 22.1 Å². The lowest BCUT2D eigenvalue weighted by atomic mass is 10.1. The van der Waals surface area contributed by atoms with E-state index in [0.29, 0.717) is 6.42 Å². The molecule has 0 bridgehead atoms. The van der Waals surface area contributed by atoms with Gasteiger partial charge in [0.05, 0.1) is 17.7 Å². The summed E-state index contributed by atoms with van der Waals surface area (Å²) >= 11 is 0. The fourth-order valence-corrected chi connectivity index (χ4v) is 4.26. The van der Waals surface area contributed by atoms with E-state index < -0.39 is 15.9 Å². The standard InChI is InChI=1S/C23H24N4O3S/c1-19-7-9-22(10-8-19)31(29,30)27(16-13-20-5-3-2-4-6-20)18-23(28)26-25-17-21-11-14-24-15-12-21/h2-12,14-15,17H,13,16,18H2,1H3,(H,26,28)/b25-17-. The molecule has 1 amide bonds. The Labute approximate surface area is 182 Å². The number of nitrogens with zero attached hydrogens (tertiary/aromatic N) is 3. The minimum atomic E-state index is -3.85. The van der Waals surface area contributed by atoms with Crippen LogP contribution in [0.25, 0.3) is 0 Å². The molecule has 1 heterocycles. The van der Waals surface area contributed by atoms with Gasteiger partial charge in [0.2, 0.25) is 10.0 Å². The summed E-state index contributed by atoms with van der Waals surface area (Å²) in [4.78, 5) is 16.5. The van der Waals surface area contributed by atoms with Crippen LogP contribution >= 0.6 is 0 Å². The van der Waals surface area contributed by atoms with Gasteiger partial charge in [-0.05, 0) is 48.7 Å². The van der Waals surface area contributed by atoms with Crippen molar-refractivity contribution in [1.29, 1.82) is 0 Å². The maximum atomic E-state index is 13.2. The van der Waals surface area contributed by atoms with Crippen molar-refractivity contribution in [3.63, 3.8) is 0 Å². The lowest BCUT2D eigenvalue weighted by Crippen LogP contribution is -2.40. The van der Waals surface area contributed by atoms with E-state index in [1.54, 1.807) is 48.8 Å². The average molecular weight is 437 g/mol. The van der Waals surface area contributed by atoms with Crippen LogP contribution in [0.3, 0.4) is 0 Å². The minimum Gasteiger partial charge on any atom is -0.272 e. The zero-order valence-corrected chi connectivity index (χ0v) is 18.0. The Bertz CT molecular complexity index is 1120. The summed E-state index contributed by atoms with van der Waals surface area (Å²) in [6.45, 7) is 1.72. The van der Waals surface area contributed by atoms with Gasteiger partial charge in [0.15, 0.2) is 0 Å². The molecule has 8 heteroatoms. The minimum absolute atomic E-state index is 0.152. The molecule has 1 N–H and O–H groups in total. The zero-order valence-electron chi connectivity index (χ0n) is 17.2. The Hall–Kier alpha value is -3.36. The lowest BCUT2D eigenvalue weighted by Gasteiger charge is -2.21. The Morgan fingerprint density at radius 2 is 1.71 bits per heavy atom. The third kappa shape index (κ3) is 6.56. The number of hydrazone groups is 1. The van der Waals surface area contributed by atoms with Crippen molar-refractivity contribution in [2.45, 2.75) is 18.2 Å². The summed E-state index contributed by atoms with van der Waals surface area (Å²) in [5.74, 6) is -0.519. The first kappa shape index (κ1) is 22.3. The third-order valence-corrected chi connectivity index (χ3v) is 6.44. The molecule has 2 aromatic carbocycles. The van der Waals surface area contributed by atoms with Crippen LogP contribution in [0.2, 0.25) is 0 Å². The molecule has 0 spiro atoms. The number of carbonyl (C=O) groups is 1. The van der Waals surface area contributed by atoms with E-state index in [2.05, 4.69) is 15.5 Å². The van der Waals surface area contributed by atoms with Crippen LogP contribution in [-0.2, 0) is 21.2 Å². The van der Waals surface area contributed by atoms with Crippen LogP contribution in [0.1, 0.15) is 16.7 Å². The average Bonchev–Trinajstić information content (AvgIpc) is 2.78. The second-order valence-electron chi connectivity index (χ2n) is 6.96. The molecule has 0 fully saturated rings. The van der Waals surface area contributed by atoms with E-state index >= 15 is 0 Å². The van der Waals surface area contributed by atoms with Crippen molar-refractivity contribution in [2.75, 3.05) is 13.1 Å². The molecule has 0 aliphatic rings. The molecule has 0 unspecified atom stereocenters. The number of pyridine rings is 1. The molecule has 3 aromatic rings. The number of carbonyl (C=O) groups excluding carboxylic acids is 1. The smallest absolute Gasteiger partial charge is 0.255 e. The SMILES string of the molecule is Cc1ccc(S(=O)(=O)N(CCc2ccccc2)CC(=O)N/N=C\c2ccncc2)cc1. The highest BCUT2D eigenvalue weighted by atomic mass is 32.2. The molecule has 7 nitrogen and oxygen atoms in total. The van der Waals surface area contributed by atoms with Crippen LogP contribution < -0.4 is 5.43 Å². The highest BCUT2D eigenvalue weighted by molar-refractivity contribution is 7.89. The number of aromatic nitrogens is 1. The molecule has 3 rings (SSSR count). The first-order valence-corrected chi connectivity index (χ1v) is 11.2. The van der Waals surface area contributed by atoms with Gasteiger partial charge in [0, 0.05) is 18.9 Å². The Kier molecular flexibility index (Phi) is 7.64. The molecule has 0 atom stereocenters. The summed E-state index contributed by atoms with van der Waals surface area (Å²) in [6.07, 6.45) is 5.19. The van der Waals surface area contributed by atoms with Crippen molar-refractivity contribution < 1.29 is 13.2 Å². The van der Waals surface area contributed by atoms with Crippen LogP contribution in [-0.4, -0.2) is 42.9 Å². The molecular formula is C23H24N4O3S. The molecule has 0 aliphatic carbocycles. The Balaban J connectivity index is 1.73. The van der Waals surface area contributed by atoms with E-state index in [-0.39, 0.29) is 18.0 Å². The number of rotatable bonds is 9. The monoisotopic (exact) mass is 436 g/mol. The van der Waals surface area contributed by atoms with E-state index in [1.165, 1.54) is 10.5 Å². The van der Waals surface area contributed by atoms with Gasteiger partial charge >= 0.3 is 0 Å². The maximum Gasteiger partial charge on any atom is 0.255 e. The fourth-order valence-electron chi connectivity index (χ4n) is 2.87. The second kappa shape index (κ2) is 10.6. The van der Waals surface area contributed by atoms with Crippen LogP contribution in [0.4, 0.5) is 0 Å². The van der Waals surface area contributed by atoms with E-state index in [0.717, 1.165) is 16.7 Å². The van der Waals surface area contributed by atoms with Crippen molar-refractivity contribution in [2.24, 2.45) is 5.10 Å². The quantitative estimate of drug-likeness (QED) is 0.412. The van der Waals surface area contributed by atoms with Gasteiger partial charge in [0.1, 0.15) is 0 Å². The Morgan fingerprint density at radius 3 is 2.39 bits per heavy atom. The predicted octanol–water partition coefficient (Wildman–Crippen LogP) is 2.77. The molecular weight excluding hydrogens is 412 g/mol. The lowest BCUT2D eigenvalue weighted by molar-refractivity contribution is -0.121. The summed E-state index contributed by atoms with van der Waals surface area (Å²) in [6, 6.07) is 19.6. The maximum absolute atomic E-state index is 13.2. The number of sulfonamides is 1. The van der Waals surface area contributed by atoms with Gasteiger partial charge < -0.3 is 0 Å². The van der Waals surface area contributed by atoms with E-state index in [1.807, 2.05) is 37.3 Å². The fraction of sp³-hybridized carbons (Fsp3) is 0.174. The second-order valence-corrected chi connectivity index (χ2v) is 8.90. The topological polar surface area (TPSA) is 91.7 Å². The highest BCUT2D eigenvalue weighted by Gasteiger charge is 2.26. The molecule has 0 saturated heterocycles. The van der Waals surface area contributed by atoms with E-state index in [9.17, 15) is 13.2 Å². The number of hydrogen-bond acceptors (Lipinski definition) is 5. The molecule has 0 aliphatic heterocycles. The molecule has 160 valence electrons. The molecule has 0 radical (unpaired) electrons. The van der Waals surface area contributed by atoms with Crippen molar-refractivity contribution in [3.05, 3.63) is 95.8 Å². The van der Waals surface area contributed by atoms with Crippen LogP contribution in [0.15, 0.2) is 89.1 Å². The van der Waals surface area contributed by atoms with Crippen LogP contribution in [0.5, 0.6) is 0 Å². The normalized spacial score (nSPS) is 11.7. The van der Waals surface area contributed by atoms with Gasteiger partial charge in [-0.1, -0.05) is 48.0 Å². The third-order valence-electron chi connectivity index (χ3n) is 4.58. The number of hydrogen-bond donors (Lipinski definition) is 1. The van der Waals surface area contributed by atoms with Gasteiger partial charge in [-0.15, -0.1) is 0 Å². The van der Waals surface area contributed by atoms with Gasteiger partial charge in [-0.3, -0.25) is 9.78 Å². The summed E-state index contributed by atoms with van der Waals surface area (Å²) < 4.78 is 27.6. The van der Waals surface area contributed by atoms with Crippen molar-refractivity contribution in [1.82, 2.24) is 14.7 Å². The molecule has 0 saturated carbocycles. The van der Waals surface area contributed by atoms with E-state index in [4.69, 9.17) is 0 Å². The first-order valence-electron chi connectivity index (χ1n) is 9.78. The summed E-state index contributed by atoms with van der Waals surface area (Å²) in [5, 5.41) is 3.91. The summed E-state index contributed by atoms with van der Waals surface area (Å²) in [7, 11) is -3.85. The van der Waals surface area contributed by atoms with Gasteiger partial charge in [-0.25, -0.2) is 13.8 Å². The number of aryl methyl sites for hydroxylation is 1. The predicted molar refractivity (Wildman–Crippen MR) is 120 cm³/mol. The number of benzene rings is 2. The van der Waals surface area contributed by atoms with Gasteiger partial charge in [-0.2, -0.15) is 9.41 Å². The number of nitrogens with one attached hydrogen (secondary N) is 1. The van der Waals surface area contributed by atoms with Crippen molar-refractivity contribution in [3.8, 4) is 0 Å². The Morgan fingerprint density at radius 1 is 1.03 bits per heavy atom. The number of amides is 1. The zero-order chi connectivity index (χ0) is 22.1. The van der Waals surface area contributed by atoms with Gasteiger partial charge in [0.25, 0.3) is 5.91 Å². The molecule has 31 heavy (non-hydrogen) atoms. The highest BCUT2D eigenvalue weighted by Crippen LogP contribution is 2.17. The summed E-state index contributed by atoms with van der Waals surface area (Å²) in [5.41, 5.74) is 5.11.